The minimum absolute atomic E-state index is 0.388. The summed E-state index contributed by atoms with van der Waals surface area (Å²) in [7, 11) is 0. The van der Waals surface area contributed by atoms with E-state index in [9.17, 15) is 9.59 Å². The van der Waals surface area contributed by atoms with Crippen LogP contribution < -0.4 is 10.6 Å². The number of rotatable bonds is 4. The third kappa shape index (κ3) is 3.98. The van der Waals surface area contributed by atoms with Gasteiger partial charge < -0.3 is 15.7 Å². The second-order valence-corrected chi connectivity index (χ2v) is 5.29. The molecule has 2 amide bonds. The summed E-state index contributed by atoms with van der Waals surface area (Å²) < 4.78 is 0. The molecular formula is C15H22N2O3. The smallest absolute Gasteiger partial charge is 0.319 e. The molecule has 1 aromatic rings. The Hall–Kier alpha value is -2.04. The van der Waals surface area contributed by atoms with Crippen LogP contribution in [0.5, 0.6) is 0 Å². The zero-order valence-electron chi connectivity index (χ0n) is 12.6. The number of amides is 2. The molecule has 0 aliphatic rings. The monoisotopic (exact) mass is 278 g/mol. The molecule has 2 atom stereocenters. The molecule has 0 saturated carbocycles. The first-order valence-electron chi connectivity index (χ1n) is 6.60. The molecule has 5 nitrogen and oxygen atoms in total. The fourth-order valence-electron chi connectivity index (χ4n) is 2.07. The van der Waals surface area contributed by atoms with E-state index in [1.807, 2.05) is 32.9 Å². The van der Waals surface area contributed by atoms with Crippen LogP contribution in [0.25, 0.3) is 0 Å². The molecule has 2 unspecified atom stereocenters. The Morgan fingerprint density at radius 1 is 1.10 bits per heavy atom. The van der Waals surface area contributed by atoms with Crippen molar-refractivity contribution in [2.75, 3.05) is 5.32 Å². The fraction of sp³-hybridized carbons (Fsp3) is 0.467. The first-order chi connectivity index (χ1) is 9.22. The number of aryl methyl sites for hydroxylation is 3. The molecule has 5 heteroatoms. The number of hydrogen-bond acceptors (Lipinski definition) is 2. The Morgan fingerprint density at radius 3 is 2.05 bits per heavy atom. The number of aliphatic carboxylic acids is 1. The number of hydrogen-bond donors (Lipinski definition) is 3. The van der Waals surface area contributed by atoms with Crippen molar-refractivity contribution < 1.29 is 14.7 Å². The Balaban J connectivity index is 2.75. The summed E-state index contributed by atoms with van der Waals surface area (Å²) in [6.45, 7) is 9.10. The first-order valence-corrected chi connectivity index (χ1v) is 6.60. The SMILES string of the molecule is Cc1cc(C)c(NC(=O)NC(C)C(C)C(=O)O)c(C)c1. The van der Waals surface area contributed by atoms with Crippen molar-refractivity contribution in [3.63, 3.8) is 0 Å². The average Bonchev–Trinajstić information content (AvgIpc) is 2.32. The van der Waals surface area contributed by atoms with E-state index in [0.29, 0.717) is 0 Å². The minimum atomic E-state index is -0.930. The van der Waals surface area contributed by atoms with Crippen molar-refractivity contribution in [2.24, 2.45) is 5.92 Å². The molecule has 20 heavy (non-hydrogen) atoms. The molecule has 110 valence electrons. The summed E-state index contributed by atoms with van der Waals surface area (Å²) in [5, 5.41) is 14.3. The van der Waals surface area contributed by atoms with Crippen LogP contribution in [0.2, 0.25) is 0 Å². The number of carboxylic acids is 1. The van der Waals surface area contributed by atoms with Crippen molar-refractivity contribution in [2.45, 2.75) is 40.7 Å². The topological polar surface area (TPSA) is 78.4 Å². The molecule has 0 aromatic heterocycles. The van der Waals surface area contributed by atoms with E-state index >= 15 is 0 Å². The number of urea groups is 1. The van der Waals surface area contributed by atoms with Crippen LogP contribution >= 0.6 is 0 Å². The van der Waals surface area contributed by atoms with Gasteiger partial charge in [0.15, 0.2) is 0 Å². The van der Waals surface area contributed by atoms with Gasteiger partial charge >= 0.3 is 12.0 Å². The zero-order valence-corrected chi connectivity index (χ0v) is 12.6. The summed E-state index contributed by atoms with van der Waals surface area (Å²) in [6, 6.07) is 3.15. The molecule has 0 saturated heterocycles. The molecule has 0 bridgehead atoms. The average molecular weight is 278 g/mol. The maximum Gasteiger partial charge on any atom is 0.319 e. The lowest BCUT2D eigenvalue weighted by Gasteiger charge is -2.19. The lowest BCUT2D eigenvalue weighted by Crippen LogP contribution is -2.42. The van der Waals surface area contributed by atoms with Gasteiger partial charge in [0.2, 0.25) is 0 Å². The molecule has 0 heterocycles. The molecule has 1 aromatic carbocycles. The van der Waals surface area contributed by atoms with Crippen molar-refractivity contribution in [1.29, 1.82) is 0 Å². The molecule has 0 aliphatic carbocycles. The number of carbonyl (C=O) groups is 2. The van der Waals surface area contributed by atoms with Gasteiger partial charge in [-0.2, -0.15) is 0 Å². The van der Waals surface area contributed by atoms with E-state index in [4.69, 9.17) is 5.11 Å². The Bertz CT molecular complexity index is 503. The molecule has 1 rings (SSSR count). The van der Waals surface area contributed by atoms with Crippen molar-refractivity contribution in [3.8, 4) is 0 Å². The van der Waals surface area contributed by atoms with E-state index in [0.717, 1.165) is 22.4 Å². The maximum atomic E-state index is 11.9. The highest BCUT2D eigenvalue weighted by Crippen LogP contribution is 2.21. The van der Waals surface area contributed by atoms with Crippen LogP contribution in [0.15, 0.2) is 12.1 Å². The van der Waals surface area contributed by atoms with E-state index in [1.165, 1.54) is 0 Å². The lowest BCUT2D eigenvalue weighted by molar-refractivity contribution is -0.141. The van der Waals surface area contributed by atoms with Gasteiger partial charge in [-0.1, -0.05) is 17.7 Å². The number of carboxylic acid groups (broad SMARTS) is 1. The van der Waals surface area contributed by atoms with Gasteiger partial charge in [-0.15, -0.1) is 0 Å². The van der Waals surface area contributed by atoms with Gasteiger partial charge in [0.25, 0.3) is 0 Å². The quantitative estimate of drug-likeness (QED) is 0.792. The summed E-state index contributed by atoms with van der Waals surface area (Å²) in [5.41, 5.74) is 3.87. The van der Waals surface area contributed by atoms with Crippen LogP contribution in [0.1, 0.15) is 30.5 Å². The predicted molar refractivity (Wildman–Crippen MR) is 79.1 cm³/mol. The van der Waals surface area contributed by atoms with Crippen LogP contribution in [-0.4, -0.2) is 23.1 Å². The van der Waals surface area contributed by atoms with Crippen LogP contribution in [0.4, 0.5) is 10.5 Å². The van der Waals surface area contributed by atoms with Crippen molar-refractivity contribution in [3.05, 3.63) is 28.8 Å². The molecule has 0 spiro atoms. The largest absolute Gasteiger partial charge is 0.481 e. The lowest BCUT2D eigenvalue weighted by atomic mass is 10.0. The third-order valence-electron chi connectivity index (χ3n) is 3.41. The summed E-state index contributed by atoms with van der Waals surface area (Å²) >= 11 is 0. The predicted octanol–water partition coefficient (Wildman–Crippen LogP) is 2.84. The summed E-state index contributed by atoms with van der Waals surface area (Å²) in [6.07, 6.45) is 0. The highest BCUT2D eigenvalue weighted by Gasteiger charge is 2.21. The van der Waals surface area contributed by atoms with E-state index in [-0.39, 0.29) is 6.03 Å². The van der Waals surface area contributed by atoms with Gasteiger partial charge in [0.1, 0.15) is 0 Å². The number of benzene rings is 1. The van der Waals surface area contributed by atoms with Gasteiger partial charge in [0, 0.05) is 11.7 Å². The van der Waals surface area contributed by atoms with Crippen LogP contribution in [-0.2, 0) is 4.79 Å². The zero-order chi connectivity index (χ0) is 15.4. The minimum Gasteiger partial charge on any atom is -0.481 e. The summed E-state index contributed by atoms with van der Waals surface area (Å²) in [5.74, 6) is -1.57. The fourth-order valence-corrected chi connectivity index (χ4v) is 2.07. The standard InChI is InChI=1S/C15H22N2O3/c1-8-6-9(2)13(10(3)7-8)17-15(20)16-12(5)11(4)14(18)19/h6-7,11-12H,1-5H3,(H,18,19)(H2,16,17,20). The van der Waals surface area contributed by atoms with E-state index in [1.54, 1.807) is 13.8 Å². The van der Waals surface area contributed by atoms with Crippen LogP contribution in [0.3, 0.4) is 0 Å². The number of carbonyl (C=O) groups excluding carboxylic acids is 1. The van der Waals surface area contributed by atoms with Gasteiger partial charge in [0.05, 0.1) is 5.92 Å². The number of nitrogens with one attached hydrogen (secondary N) is 2. The number of anilines is 1. The molecule has 0 fully saturated rings. The molecule has 0 radical (unpaired) electrons. The molecular weight excluding hydrogens is 256 g/mol. The highest BCUT2D eigenvalue weighted by atomic mass is 16.4. The Morgan fingerprint density at radius 2 is 1.60 bits per heavy atom. The summed E-state index contributed by atoms with van der Waals surface area (Å²) in [4.78, 5) is 22.8. The highest BCUT2D eigenvalue weighted by molar-refractivity contribution is 5.91. The van der Waals surface area contributed by atoms with Crippen LogP contribution in [0, 0.1) is 26.7 Å². The van der Waals surface area contributed by atoms with Crippen molar-refractivity contribution >= 4 is 17.7 Å². The van der Waals surface area contributed by atoms with E-state index in [2.05, 4.69) is 10.6 Å². The maximum absolute atomic E-state index is 11.9. The second kappa shape index (κ2) is 6.41. The second-order valence-electron chi connectivity index (χ2n) is 5.29. The van der Waals surface area contributed by atoms with Crippen molar-refractivity contribution in [1.82, 2.24) is 5.32 Å². The molecule has 0 aliphatic heterocycles. The van der Waals surface area contributed by atoms with Gasteiger partial charge in [-0.05, 0) is 45.7 Å². The Labute approximate surface area is 119 Å². The van der Waals surface area contributed by atoms with Gasteiger partial charge in [-0.25, -0.2) is 4.79 Å². The first kappa shape index (κ1) is 16.0. The van der Waals surface area contributed by atoms with E-state index < -0.39 is 17.9 Å². The van der Waals surface area contributed by atoms with Gasteiger partial charge in [-0.3, -0.25) is 4.79 Å². The third-order valence-corrected chi connectivity index (χ3v) is 3.41. The normalized spacial score (nSPS) is 13.4. The Kier molecular flexibility index (Phi) is 5.13. The molecule has 3 N–H and O–H groups in total.